The van der Waals surface area contributed by atoms with Crippen molar-refractivity contribution >= 4 is 27.9 Å². The summed E-state index contributed by atoms with van der Waals surface area (Å²) in [4.78, 5) is 11.7. The molecule has 18 heavy (non-hydrogen) atoms. The average Bonchev–Trinajstić information content (AvgIpc) is 2.27. The van der Waals surface area contributed by atoms with Crippen molar-refractivity contribution in [1.29, 1.82) is 0 Å². The molecule has 2 N–H and O–H groups in total. The van der Waals surface area contributed by atoms with Gasteiger partial charge >= 0.3 is 0 Å². The van der Waals surface area contributed by atoms with Gasteiger partial charge in [0.15, 0.2) is 0 Å². The molecule has 0 aliphatic heterocycles. The highest BCUT2D eigenvalue weighted by molar-refractivity contribution is 9.10. The number of halogens is 1. The molecule has 0 heterocycles. The number of rotatable bonds is 4. The second-order valence-electron chi connectivity index (χ2n) is 4.74. The van der Waals surface area contributed by atoms with Crippen LogP contribution in [0.4, 0.5) is 0 Å². The van der Waals surface area contributed by atoms with Crippen LogP contribution in [0.25, 0.3) is 6.08 Å². The van der Waals surface area contributed by atoms with Crippen molar-refractivity contribution in [3.05, 3.63) is 40.4 Å². The number of amides is 1. The molecule has 0 fully saturated rings. The van der Waals surface area contributed by atoms with Gasteiger partial charge in [0.1, 0.15) is 0 Å². The smallest absolute Gasteiger partial charge is 0.244 e. The summed E-state index contributed by atoms with van der Waals surface area (Å²) < 4.78 is 0.934. The van der Waals surface area contributed by atoms with E-state index in [-0.39, 0.29) is 5.91 Å². The van der Waals surface area contributed by atoms with Crippen LogP contribution >= 0.6 is 15.9 Å². The van der Waals surface area contributed by atoms with E-state index in [2.05, 4.69) is 21.2 Å². The Morgan fingerprint density at radius 1 is 1.44 bits per heavy atom. The third-order valence-corrected chi connectivity index (χ3v) is 3.53. The zero-order valence-corrected chi connectivity index (χ0v) is 12.4. The molecule has 0 radical (unpaired) electrons. The molecule has 0 saturated carbocycles. The first kappa shape index (κ1) is 14.9. The largest absolute Gasteiger partial charge is 0.391 e. The van der Waals surface area contributed by atoms with Crippen LogP contribution in [0.1, 0.15) is 26.3 Å². The fourth-order valence-electron chi connectivity index (χ4n) is 1.24. The molecule has 1 rings (SSSR count). The Labute approximate surface area is 116 Å². The molecule has 0 saturated heterocycles. The van der Waals surface area contributed by atoms with Crippen molar-refractivity contribution in [2.45, 2.75) is 32.4 Å². The molecule has 0 bridgehead atoms. The van der Waals surface area contributed by atoms with E-state index in [1.54, 1.807) is 26.8 Å². The number of hydrogen-bond acceptors (Lipinski definition) is 2. The van der Waals surface area contributed by atoms with Crippen molar-refractivity contribution in [3.63, 3.8) is 0 Å². The van der Waals surface area contributed by atoms with Crippen LogP contribution in [-0.4, -0.2) is 22.7 Å². The van der Waals surface area contributed by atoms with Gasteiger partial charge in [-0.2, -0.15) is 0 Å². The number of carbonyl (C=O) groups excluding carboxylic acids is 1. The highest BCUT2D eigenvalue weighted by atomic mass is 79.9. The van der Waals surface area contributed by atoms with Crippen LogP contribution in [0.15, 0.2) is 34.8 Å². The molecular weight excluding hydrogens is 294 g/mol. The molecule has 3 nitrogen and oxygen atoms in total. The SMILES string of the molecule is CC(O)C(C)(C)NC(=O)/C=C/c1ccccc1Br. The first-order valence-electron chi connectivity index (χ1n) is 5.76. The lowest BCUT2D eigenvalue weighted by Gasteiger charge is -2.28. The Morgan fingerprint density at radius 3 is 2.61 bits per heavy atom. The van der Waals surface area contributed by atoms with Gasteiger partial charge < -0.3 is 10.4 Å². The molecule has 0 spiro atoms. The number of benzene rings is 1. The number of aliphatic hydroxyl groups excluding tert-OH is 1. The van der Waals surface area contributed by atoms with Crippen LogP contribution < -0.4 is 5.32 Å². The maximum atomic E-state index is 11.7. The normalized spacial score (nSPS) is 13.6. The minimum absolute atomic E-state index is 0.225. The lowest BCUT2D eigenvalue weighted by molar-refractivity contribution is -0.119. The fourth-order valence-corrected chi connectivity index (χ4v) is 1.66. The van der Waals surface area contributed by atoms with Gasteiger partial charge in [0.25, 0.3) is 0 Å². The number of nitrogens with one attached hydrogen (secondary N) is 1. The summed E-state index contributed by atoms with van der Waals surface area (Å²) in [5.41, 5.74) is 0.289. The predicted molar refractivity (Wildman–Crippen MR) is 77.1 cm³/mol. The third kappa shape index (κ3) is 4.27. The van der Waals surface area contributed by atoms with Crippen molar-refractivity contribution in [1.82, 2.24) is 5.32 Å². The number of carbonyl (C=O) groups is 1. The van der Waals surface area contributed by atoms with E-state index in [1.807, 2.05) is 24.3 Å². The maximum absolute atomic E-state index is 11.7. The van der Waals surface area contributed by atoms with Crippen molar-refractivity contribution < 1.29 is 9.90 Å². The van der Waals surface area contributed by atoms with Gasteiger partial charge in [0.05, 0.1) is 11.6 Å². The van der Waals surface area contributed by atoms with Crippen LogP contribution in [0.3, 0.4) is 0 Å². The molecule has 4 heteroatoms. The van der Waals surface area contributed by atoms with E-state index in [4.69, 9.17) is 0 Å². The average molecular weight is 312 g/mol. The van der Waals surface area contributed by atoms with Crippen molar-refractivity contribution in [2.24, 2.45) is 0 Å². The molecule has 0 aromatic heterocycles. The van der Waals surface area contributed by atoms with E-state index >= 15 is 0 Å². The van der Waals surface area contributed by atoms with Gasteiger partial charge in [-0.05, 0) is 38.5 Å². The highest BCUT2D eigenvalue weighted by Gasteiger charge is 2.24. The number of hydrogen-bond donors (Lipinski definition) is 2. The van der Waals surface area contributed by atoms with Gasteiger partial charge in [0.2, 0.25) is 5.91 Å². The molecule has 1 atom stereocenters. The lowest BCUT2D eigenvalue weighted by atomic mass is 9.99. The zero-order valence-electron chi connectivity index (χ0n) is 10.8. The van der Waals surface area contributed by atoms with E-state index < -0.39 is 11.6 Å². The second kappa shape index (κ2) is 6.16. The summed E-state index contributed by atoms with van der Waals surface area (Å²) in [5, 5.41) is 12.3. The van der Waals surface area contributed by atoms with Crippen LogP contribution in [0.5, 0.6) is 0 Å². The summed E-state index contributed by atoms with van der Waals surface area (Å²) in [6, 6.07) is 7.64. The highest BCUT2D eigenvalue weighted by Crippen LogP contribution is 2.17. The monoisotopic (exact) mass is 311 g/mol. The topological polar surface area (TPSA) is 49.3 Å². The Bertz CT molecular complexity index is 453. The molecule has 1 unspecified atom stereocenters. The summed E-state index contributed by atoms with van der Waals surface area (Å²) in [6.07, 6.45) is 2.58. The van der Waals surface area contributed by atoms with E-state index in [0.29, 0.717) is 0 Å². The number of aliphatic hydroxyl groups is 1. The molecular formula is C14H18BrNO2. The second-order valence-corrected chi connectivity index (χ2v) is 5.60. The lowest BCUT2D eigenvalue weighted by Crippen LogP contribution is -2.50. The van der Waals surface area contributed by atoms with Crippen LogP contribution in [0, 0.1) is 0 Å². The van der Waals surface area contributed by atoms with Crippen molar-refractivity contribution in [3.8, 4) is 0 Å². The molecule has 0 aliphatic carbocycles. The summed E-state index contributed by atoms with van der Waals surface area (Å²) in [6.45, 7) is 5.21. The predicted octanol–water partition coefficient (Wildman–Crippen LogP) is 2.74. The van der Waals surface area contributed by atoms with Gasteiger partial charge in [-0.1, -0.05) is 34.1 Å². The van der Waals surface area contributed by atoms with E-state index in [9.17, 15) is 9.90 Å². The minimum atomic E-state index is -0.644. The zero-order chi connectivity index (χ0) is 13.8. The van der Waals surface area contributed by atoms with Gasteiger partial charge in [-0.3, -0.25) is 4.79 Å². The van der Waals surface area contributed by atoms with E-state index in [0.717, 1.165) is 10.0 Å². The van der Waals surface area contributed by atoms with E-state index in [1.165, 1.54) is 6.08 Å². The fraction of sp³-hybridized carbons (Fsp3) is 0.357. The first-order valence-corrected chi connectivity index (χ1v) is 6.55. The summed E-state index contributed by atoms with van der Waals surface area (Å²) in [7, 11) is 0. The molecule has 98 valence electrons. The Kier molecular flexibility index (Phi) is 5.11. The summed E-state index contributed by atoms with van der Waals surface area (Å²) in [5.74, 6) is -0.225. The maximum Gasteiger partial charge on any atom is 0.244 e. The quantitative estimate of drug-likeness (QED) is 0.840. The van der Waals surface area contributed by atoms with Crippen LogP contribution in [0.2, 0.25) is 0 Å². The standard InChI is InChI=1S/C14H18BrNO2/c1-10(17)14(2,3)16-13(18)9-8-11-6-4-5-7-12(11)15/h4-10,17H,1-3H3,(H,16,18)/b9-8+. The molecule has 1 aromatic rings. The molecule has 1 aromatic carbocycles. The first-order chi connectivity index (χ1) is 8.33. The molecule has 1 amide bonds. The molecule has 0 aliphatic rings. The van der Waals surface area contributed by atoms with Gasteiger partial charge in [0, 0.05) is 10.5 Å². The Balaban J connectivity index is 2.69. The van der Waals surface area contributed by atoms with Crippen molar-refractivity contribution in [2.75, 3.05) is 0 Å². The Hall–Kier alpha value is -1.13. The third-order valence-electron chi connectivity index (χ3n) is 2.81. The van der Waals surface area contributed by atoms with Gasteiger partial charge in [-0.25, -0.2) is 0 Å². The Morgan fingerprint density at radius 2 is 2.06 bits per heavy atom. The minimum Gasteiger partial charge on any atom is -0.391 e. The van der Waals surface area contributed by atoms with Gasteiger partial charge in [-0.15, -0.1) is 0 Å². The van der Waals surface area contributed by atoms with Crippen LogP contribution in [-0.2, 0) is 4.79 Å². The summed E-state index contributed by atoms with van der Waals surface area (Å²) >= 11 is 3.41.